The Kier molecular flexibility index (Phi) is 5.15. The summed E-state index contributed by atoms with van der Waals surface area (Å²) >= 11 is 12.3. The molecule has 134 valence electrons. The third kappa shape index (κ3) is 3.52. The summed E-state index contributed by atoms with van der Waals surface area (Å²) in [6.07, 6.45) is 1.41. The largest absolute Gasteiger partial charge is 0.462 e. The fraction of sp³-hybridized carbons (Fsp3) is 0.167. The zero-order chi connectivity index (χ0) is 18.8. The molecule has 2 heterocycles. The molecule has 0 amide bonds. The van der Waals surface area contributed by atoms with Gasteiger partial charge < -0.3 is 15.5 Å². The van der Waals surface area contributed by atoms with Crippen LogP contribution in [0.3, 0.4) is 0 Å². The number of nitrogens with zero attached hydrogens (tertiary/aromatic N) is 2. The molecule has 0 aliphatic heterocycles. The van der Waals surface area contributed by atoms with E-state index in [2.05, 4.69) is 15.0 Å². The molecule has 0 saturated carbocycles. The Morgan fingerprint density at radius 3 is 2.81 bits per heavy atom. The molecule has 2 aromatic heterocycles. The van der Waals surface area contributed by atoms with Gasteiger partial charge in [-0.15, -0.1) is 0 Å². The minimum atomic E-state index is -0.456. The van der Waals surface area contributed by atoms with Crippen LogP contribution in [0.15, 0.2) is 30.5 Å². The highest BCUT2D eigenvalue weighted by Crippen LogP contribution is 2.34. The second kappa shape index (κ2) is 7.35. The van der Waals surface area contributed by atoms with Crippen molar-refractivity contribution >= 4 is 35.1 Å². The maximum atomic E-state index is 12.5. The Morgan fingerprint density at radius 2 is 2.08 bits per heavy atom. The normalized spacial score (nSPS) is 10.8. The van der Waals surface area contributed by atoms with Gasteiger partial charge in [0.05, 0.1) is 34.8 Å². The quantitative estimate of drug-likeness (QED) is 0.638. The topological polar surface area (TPSA) is 93.9 Å². The first-order valence-corrected chi connectivity index (χ1v) is 8.61. The zero-order valence-electron chi connectivity index (χ0n) is 14.1. The number of H-pyrrole nitrogens is 1. The van der Waals surface area contributed by atoms with Crippen molar-refractivity contribution < 1.29 is 9.53 Å². The van der Waals surface area contributed by atoms with Crippen LogP contribution in [-0.4, -0.2) is 27.5 Å². The highest BCUT2D eigenvalue weighted by atomic mass is 35.5. The molecule has 0 aliphatic rings. The van der Waals surface area contributed by atoms with Crippen LogP contribution < -0.4 is 5.73 Å². The van der Waals surface area contributed by atoms with Crippen molar-refractivity contribution in [2.45, 2.75) is 13.8 Å². The van der Waals surface area contributed by atoms with Gasteiger partial charge in [0.25, 0.3) is 0 Å². The lowest BCUT2D eigenvalue weighted by atomic mass is 10.0. The molecular formula is C18H16Cl2N4O2. The number of hydrogen-bond donors (Lipinski definition) is 2. The lowest BCUT2D eigenvalue weighted by Gasteiger charge is -2.08. The molecule has 0 spiro atoms. The van der Waals surface area contributed by atoms with Gasteiger partial charge in [-0.25, -0.2) is 14.8 Å². The summed E-state index contributed by atoms with van der Waals surface area (Å²) in [5, 5.41) is 0.867. The Bertz CT molecular complexity index is 985. The maximum absolute atomic E-state index is 12.5. The van der Waals surface area contributed by atoms with E-state index in [0.29, 0.717) is 32.7 Å². The molecule has 3 aromatic rings. The molecule has 0 fully saturated rings. The van der Waals surface area contributed by atoms with E-state index < -0.39 is 5.97 Å². The summed E-state index contributed by atoms with van der Waals surface area (Å²) < 4.78 is 5.18. The number of aromatic nitrogens is 3. The molecule has 8 heteroatoms. The van der Waals surface area contributed by atoms with Crippen molar-refractivity contribution in [1.82, 2.24) is 15.0 Å². The van der Waals surface area contributed by atoms with Crippen LogP contribution in [0.4, 0.5) is 5.95 Å². The van der Waals surface area contributed by atoms with Crippen molar-refractivity contribution in [2.24, 2.45) is 0 Å². The fourth-order valence-corrected chi connectivity index (χ4v) is 2.96. The van der Waals surface area contributed by atoms with Crippen LogP contribution >= 0.6 is 23.2 Å². The van der Waals surface area contributed by atoms with Crippen molar-refractivity contribution in [3.8, 4) is 22.6 Å². The molecular weight excluding hydrogens is 375 g/mol. The van der Waals surface area contributed by atoms with Gasteiger partial charge >= 0.3 is 5.97 Å². The number of hydrogen-bond acceptors (Lipinski definition) is 5. The lowest BCUT2D eigenvalue weighted by molar-refractivity contribution is 0.0527. The van der Waals surface area contributed by atoms with E-state index in [1.807, 2.05) is 13.0 Å². The first-order chi connectivity index (χ1) is 12.4. The van der Waals surface area contributed by atoms with Gasteiger partial charge in [-0.05, 0) is 37.6 Å². The van der Waals surface area contributed by atoms with Gasteiger partial charge in [0.1, 0.15) is 5.69 Å². The number of carbonyl (C=O) groups is 1. The third-order valence-corrected chi connectivity index (χ3v) is 4.31. The minimum Gasteiger partial charge on any atom is -0.462 e. The number of anilines is 1. The number of nitrogen functional groups attached to an aromatic ring is 1. The molecule has 26 heavy (non-hydrogen) atoms. The number of aromatic amines is 1. The van der Waals surface area contributed by atoms with Crippen molar-refractivity contribution in [3.63, 3.8) is 0 Å². The average molecular weight is 391 g/mol. The van der Waals surface area contributed by atoms with Gasteiger partial charge in [-0.1, -0.05) is 29.3 Å². The Hall–Kier alpha value is -2.57. The Labute approximate surface area is 160 Å². The molecule has 0 atom stereocenters. The van der Waals surface area contributed by atoms with E-state index in [1.165, 1.54) is 6.20 Å². The van der Waals surface area contributed by atoms with Crippen LogP contribution in [0.25, 0.3) is 22.6 Å². The molecule has 0 radical (unpaired) electrons. The maximum Gasteiger partial charge on any atom is 0.340 e. The number of nitrogens with one attached hydrogen (secondary N) is 1. The van der Waals surface area contributed by atoms with Gasteiger partial charge in [-0.2, -0.15) is 0 Å². The van der Waals surface area contributed by atoms with Gasteiger partial charge in [0, 0.05) is 10.6 Å². The number of rotatable bonds is 4. The summed E-state index contributed by atoms with van der Waals surface area (Å²) in [6, 6.07) is 7.09. The molecule has 6 nitrogen and oxygen atoms in total. The number of aryl methyl sites for hydroxylation is 1. The van der Waals surface area contributed by atoms with Crippen LogP contribution in [0.2, 0.25) is 10.0 Å². The number of ether oxygens (including phenoxy) is 1. The van der Waals surface area contributed by atoms with Crippen LogP contribution in [0, 0.1) is 6.92 Å². The number of benzene rings is 1. The first kappa shape index (κ1) is 18.2. The van der Waals surface area contributed by atoms with Gasteiger partial charge in [0.2, 0.25) is 5.95 Å². The highest BCUT2D eigenvalue weighted by Gasteiger charge is 2.21. The van der Waals surface area contributed by atoms with E-state index in [4.69, 9.17) is 33.7 Å². The summed E-state index contributed by atoms with van der Waals surface area (Å²) in [6.45, 7) is 3.93. The second-order valence-electron chi connectivity index (χ2n) is 5.58. The first-order valence-electron chi connectivity index (χ1n) is 7.85. The average Bonchev–Trinajstić information content (AvgIpc) is 3.04. The SMILES string of the molecule is CCOC(=O)c1cc(-c2nc(N)ncc2Cl)[nH]c1-c1cc(Cl)ccc1C. The summed E-state index contributed by atoms with van der Waals surface area (Å²) in [5.74, 6) is -0.375. The van der Waals surface area contributed by atoms with Crippen LogP contribution in [0.1, 0.15) is 22.8 Å². The monoisotopic (exact) mass is 390 g/mol. The summed E-state index contributed by atoms with van der Waals surface area (Å²) in [5.41, 5.74) is 9.26. The van der Waals surface area contributed by atoms with Crippen LogP contribution in [-0.2, 0) is 4.74 Å². The number of halogens is 2. The lowest BCUT2D eigenvalue weighted by Crippen LogP contribution is -2.05. The molecule has 0 saturated heterocycles. The Morgan fingerprint density at radius 1 is 1.31 bits per heavy atom. The number of carbonyl (C=O) groups excluding carboxylic acids is 1. The van der Waals surface area contributed by atoms with E-state index in [9.17, 15) is 4.79 Å². The van der Waals surface area contributed by atoms with Crippen molar-refractivity contribution in [1.29, 1.82) is 0 Å². The molecule has 3 rings (SSSR count). The molecule has 0 bridgehead atoms. The number of nitrogens with two attached hydrogens (primary N) is 1. The number of esters is 1. The zero-order valence-corrected chi connectivity index (χ0v) is 15.6. The van der Waals surface area contributed by atoms with Crippen LogP contribution in [0.5, 0.6) is 0 Å². The fourth-order valence-electron chi connectivity index (χ4n) is 2.60. The molecule has 0 aliphatic carbocycles. The summed E-state index contributed by atoms with van der Waals surface area (Å²) in [7, 11) is 0. The minimum absolute atomic E-state index is 0.0807. The van der Waals surface area contributed by atoms with E-state index in [0.717, 1.165) is 11.1 Å². The van der Waals surface area contributed by atoms with Gasteiger partial charge in [0.15, 0.2) is 0 Å². The van der Waals surface area contributed by atoms with Crippen molar-refractivity contribution in [3.05, 3.63) is 51.6 Å². The molecule has 0 unspecified atom stereocenters. The van der Waals surface area contributed by atoms with Crippen molar-refractivity contribution in [2.75, 3.05) is 12.3 Å². The third-order valence-electron chi connectivity index (χ3n) is 3.80. The predicted octanol–water partition coefficient (Wildman–Crippen LogP) is 4.51. The van der Waals surface area contributed by atoms with E-state index >= 15 is 0 Å². The van der Waals surface area contributed by atoms with E-state index in [1.54, 1.807) is 25.1 Å². The summed E-state index contributed by atoms with van der Waals surface area (Å²) in [4.78, 5) is 23.7. The molecule has 3 N–H and O–H groups in total. The second-order valence-corrected chi connectivity index (χ2v) is 6.42. The van der Waals surface area contributed by atoms with Gasteiger partial charge in [-0.3, -0.25) is 0 Å². The highest BCUT2D eigenvalue weighted by molar-refractivity contribution is 6.33. The van der Waals surface area contributed by atoms with E-state index in [-0.39, 0.29) is 12.6 Å². The molecule has 1 aromatic carbocycles. The Balaban J connectivity index is 2.22. The smallest absolute Gasteiger partial charge is 0.340 e. The standard InChI is InChI=1S/C18H16Cl2N4O2/c1-3-26-17(25)12-7-14(16-13(20)8-22-18(21)24-16)23-15(12)11-6-10(19)5-4-9(11)2/h4-8,23H,3H2,1-2H3,(H2,21,22,24). The predicted molar refractivity (Wildman–Crippen MR) is 102 cm³/mol.